The van der Waals surface area contributed by atoms with E-state index in [-0.39, 0.29) is 5.56 Å². The molecule has 0 spiro atoms. The van der Waals surface area contributed by atoms with Crippen molar-refractivity contribution in [1.82, 2.24) is 4.98 Å². The van der Waals surface area contributed by atoms with Gasteiger partial charge in [0, 0.05) is 35.1 Å². The smallest absolute Gasteiger partial charge is 0.256 e. The Morgan fingerprint density at radius 3 is 2.52 bits per heavy atom. The molecule has 0 unspecified atom stereocenters. The second kappa shape index (κ2) is 4.90. The van der Waals surface area contributed by atoms with Crippen molar-refractivity contribution in [2.75, 3.05) is 31.2 Å². The number of morpholine rings is 1. The molecule has 4 rings (SSSR count). The quantitative estimate of drug-likeness (QED) is 0.697. The average Bonchev–Trinajstić information content (AvgIpc) is 2.56. The van der Waals surface area contributed by atoms with Crippen LogP contribution in [-0.2, 0) is 4.74 Å². The number of H-pyrrole nitrogens is 1. The maximum Gasteiger partial charge on any atom is 0.256 e. The Bertz CT molecular complexity index is 863. The molecule has 3 aromatic rings. The van der Waals surface area contributed by atoms with E-state index in [1.54, 1.807) is 0 Å². The lowest BCUT2D eigenvalue weighted by molar-refractivity contribution is 0.122. The summed E-state index contributed by atoms with van der Waals surface area (Å²) in [5.41, 5.74) is 2.04. The van der Waals surface area contributed by atoms with Gasteiger partial charge in [-0.1, -0.05) is 18.2 Å². The molecule has 2 heterocycles. The van der Waals surface area contributed by atoms with Crippen LogP contribution in [0.15, 0.2) is 47.3 Å². The number of nitrogens with zero attached hydrogens (tertiary/aromatic N) is 1. The molecule has 1 saturated heterocycles. The van der Waals surface area contributed by atoms with E-state index in [4.69, 9.17) is 4.74 Å². The molecule has 21 heavy (non-hydrogen) atoms. The summed E-state index contributed by atoms with van der Waals surface area (Å²) in [6.07, 6.45) is 0. The Kier molecular flexibility index (Phi) is 2.89. The van der Waals surface area contributed by atoms with Crippen molar-refractivity contribution in [2.24, 2.45) is 0 Å². The standard InChI is InChI=1S/C17H16N2O2/c20-17-14-4-2-1-3-13(14)15-11-12(5-6-16(15)18-17)19-7-9-21-10-8-19/h1-6,11H,7-10H2,(H,18,20). The number of rotatable bonds is 1. The second-order valence-corrected chi connectivity index (χ2v) is 5.33. The third kappa shape index (κ3) is 2.08. The highest BCUT2D eigenvalue weighted by Gasteiger charge is 2.12. The van der Waals surface area contributed by atoms with E-state index < -0.39 is 0 Å². The predicted octanol–water partition coefficient (Wildman–Crippen LogP) is 2.52. The van der Waals surface area contributed by atoms with Gasteiger partial charge in [-0.05, 0) is 29.7 Å². The van der Waals surface area contributed by atoms with Gasteiger partial charge in [0.15, 0.2) is 0 Å². The van der Waals surface area contributed by atoms with Gasteiger partial charge in [-0.2, -0.15) is 0 Å². The number of anilines is 1. The fourth-order valence-corrected chi connectivity index (χ4v) is 2.99. The van der Waals surface area contributed by atoms with Crippen LogP contribution in [0, 0.1) is 0 Å². The molecule has 1 aromatic heterocycles. The molecule has 0 radical (unpaired) electrons. The third-order valence-electron chi connectivity index (χ3n) is 4.09. The number of hydrogen-bond acceptors (Lipinski definition) is 3. The maximum absolute atomic E-state index is 12.1. The number of benzene rings is 2. The van der Waals surface area contributed by atoms with Gasteiger partial charge in [0.2, 0.25) is 0 Å². The van der Waals surface area contributed by atoms with Crippen molar-refractivity contribution in [1.29, 1.82) is 0 Å². The largest absolute Gasteiger partial charge is 0.378 e. The zero-order chi connectivity index (χ0) is 14.2. The van der Waals surface area contributed by atoms with E-state index in [2.05, 4.69) is 22.0 Å². The number of nitrogens with one attached hydrogen (secondary N) is 1. The lowest BCUT2D eigenvalue weighted by atomic mass is 10.1. The topological polar surface area (TPSA) is 45.3 Å². The van der Waals surface area contributed by atoms with Gasteiger partial charge in [0.05, 0.1) is 13.2 Å². The zero-order valence-electron chi connectivity index (χ0n) is 11.6. The summed E-state index contributed by atoms with van der Waals surface area (Å²) >= 11 is 0. The molecule has 0 amide bonds. The number of hydrogen-bond donors (Lipinski definition) is 1. The molecule has 1 aliphatic heterocycles. The summed E-state index contributed by atoms with van der Waals surface area (Å²) in [4.78, 5) is 17.4. The molecule has 0 atom stereocenters. The van der Waals surface area contributed by atoms with Crippen molar-refractivity contribution in [3.8, 4) is 0 Å². The van der Waals surface area contributed by atoms with Crippen LogP contribution in [0.3, 0.4) is 0 Å². The number of fused-ring (bicyclic) bond motifs is 3. The van der Waals surface area contributed by atoms with Crippen LogP contribution < -0.4 is 10.5 Å². The molecule has 1 fully saturated rings. The summed E-state index contributed by atoms with van der Waals surface area (Å²) in [5, 5.41) is 2.84. The van der Waals surface area contributed by atoms with Crippen molar-refractivity contribution in [2.45, 2.75) is 0 Å². The Morgan fingerprint density at radius 2 is 1.71 bits per heavy atom. The van der Waals surface area contributed by atoms with Crippen LogP contribution in [0.1, 0.15) is 0 Å². The molecule has 1 N–H and O–H groups in total. The Labute approximate surface area is 122 Å². The van der Waals surface area contributed by atoms with Crippen molar-refractivity contribution in [3.63, 3.8) is 0 Å². The van der Waals surface area contributed by atoms with Crippen molar-refractivity contribution >= 4 is 27.4 Å². The van der Waals surface area contributed by atoms with Gasteiger partial charge in [-0.3, -0.25) is 4.79 Å². The fourth-order valence-electron chi connectivity index (χ4n) is 2.99. The van der Waals surface area contributed by atoms with Gasteiger partial charge in [0.1, 0.15) is 0 Å². The SMILES string of the molecule is O=c1[nH]c2ccc(N3CCOCC3)cc2c2ccccc12. The van der Waals surface area contributed by atoms with Crippen LogP contribution in [0.5, 0.6) is 0 Å². The molecule has 2 aromatic carbocycles. The van der Waals surface area contributed by atoms with Gasteiger partial charge in [-0.25, -0.2) is 0 Å². The summed E-state index contributed by atoms with van der Waals surface area (Å²) in [7, 11) is 0. The normalized spacial score (nSPS) is 15.7. The van der Waals surface area contributed by atoms with Crippen LogP contribution in [0.25, 0.3) is 21.7 Å². The first-order valence-corrected chi connectivity index (χ1v) is 7.20. The van der Waals surface area contributed by atoms with Gasteiger partial charge in [0.25, 0.3) is 5.56 Å². The average molecular weight is 280 g/mol. The molecule has 4 nitrogen and oxygen atoms in total. The Balaban J connectivity index is 1.95. The molecule has 0 aliphatic carbocycles. The molecule has 0 saturated carbocycles. The lowest BCUT2D eigenvalue weighted by Crippen LogP contribution is -2.36. The summed E-state index contributed by atoms with van der Waals surface area (Å²) in [5.74, 6) is 0. The second-order valence-electron chi connectivity index (χ2n) is 5.33. The zero-order valence-corrected chi connectivity index (χ0v) is 11.6. The molecular weight excluding hydrogens is 264 g/mol. The van der Waals surface area contributed by atoms with E-state index in [0.29, 0.717) is 0 Å². The van der Waals surface area contributed by atoms with E-state index >= 15 is 0 Å². The predicted molar refractivity (Wildman–Crippen MR) is 85.1 cm³/mol. The van der Waals surface area contributed by atoms with Crippen molar-refractivity contribution < 1.29 is 4.74 Å². The molecule has 106 valence electrons. The van der Waals surface area contributed by atoms with Crippen molar-refractivity contribution in [3.05, 3.63) is 52.8 Å². The van der Waals surface area contributed by atoms with Crippen LogP contribution >= 0.6 is 0 Å². The monoisotopic (exact) mass is 280 g/mol. The maximum atomic E-state index is 12.1. The Morgan fingerprint density at radius 1 is 0.952 bits per heavy atom. The molecule has 4 heteroatoms. The molecule has 0 bridgehead atoms. The minimum Gasteiger partial charge on any atom is -0.378 e. The van der Waals surface area contributed by atoms with Crippen LogP contribution in [0.2, 0.25) is 0 Å². The summed E-state index contributed by atoms with van der Waals surface area (Å²) in [6.45, 7) is 3.36. The first-order valence-electron chi connectivity index (χ1n) is 7.20. The van der Waals surface area contributed by atoms with E-state index in [1.807, 2.05) is 30.3 Å². The van der Waals surface area contributed by atoms with E-state index in [0.717, 1.165) is 48.0 Å². The van der Waals surface area contributed by atoms with Crippen LogP contribution in [0.4, 0.5) is 5.69 Å². The highest BCUT2D eigenvalue weighted by Crippen LogP contribution is 2.26. The third-order valence-corrected chi connectivity index (χ3v) is 4.09. The van der Waals surface area contributed by atoms with Crippen LogP contribution in [-0.4, -0.2) is 31.3 Å². The Hall–Kier alpha value is -2.33. The first kappa shape index (κ1) is 12.4. The minimum atomic E-state index is -0.0303. The number of pyridine rings is 1. The minimum absolute atomic E-state index is 0.0303. The summed E-state index contributed by atoms with van der Waals surface area (Å²) < 4.78 is 5.41. The number of ether oxygens (including phenoxy) is 1. The van der Waals surface area contributed by atoms with E-state index in [1.165, 1.54) is 5.69 Å². The lowest BCUT2D eigenvalue weighted by Gasteiger charge is -2.29. The summed E-state index contributed by atoms with van der Waals surface area (Å²) in [6, 6.07) is 14.0. The molecular formula is C17H16N2O2. The highest BCUT2D eigenvalue weighted by atomic mass is 16.5. The number of aromatic nitrogens is 1. The first-order chi connectivity index (χ1) is 10.3. The highest BCUT2D eigenvalue weighted by molar-refractivity contribution is 6.06. The fraction of sp³-hybridized carbons (Fsp3) is 0.235. The van der Waals surface area contributed by atoms with Gasteiger partial charge in [-0.15, -0.1) is 0 Å². The van der Waals surface area contributed by atoms with E-state index in [9.17, 15) is 4.79 Å². The number of aromatic amines is 1. The molecule has 1 aliphatic rings. The van der Waals surface area contributed by atoms with Gasteiger partial charge >= 0.3 is 0 Å². The van der Waals surface area contributed by atoms with Gasteiger partial charge < -0.3 is 14.6 Å².